The van der Waals surface area contributed by atoms with E-state index in [0.29, 0.717) is 0 Å². The molecule has 1 heterocycles. The zero-order valence-corrected chi connectivity index (χ0v) is 16.2. The first-order valence-corrected chi connectivity index (χ1v) is 9.21. The zero-order chi connectivity index (χ0) is 18.5. The van der Waals surface area contributed by atoms with Crippen molar-refractivity contribution >= 4 is 34.4 Å². The third-order valence-electron chi connectivity index (χ3n) is 4.66. The van der Waals surface area contributed by atoms with Gasteiger partial charge in [-0.05, 0) is 36.3 Å². The van der Waals surface area contributed by atoms with E-state index in [1.165, 1.54) is 33.5 Å². The van der Waals surface area contributed by atoms with Crippen LogP contribution in [0.4, 0.5) is 11.4 Å². The minimum Gasteiger partial charge on any atom is -0.384 e. The predicted molar refractivity (Wildman–Crippen MR) is 114 cm³/mol. The summed E-state index contributed by atoms with van der Waals surface area (Å²) in [4.78, 5) is 2.11. The summed E-state index contributed by atoms with van der Waals surface area (Å²) in [5, 5.41) is 4.83. The van der Waals surface area contributed by atoms with Crippen molar-refractivity contribution in [2.75, 3.05) is 30.9 Å². The first-order valence-electron chi connectivity index (χ1n) is 9.21. The topological polar surface area (TPSA) is 19.1 Å². The lowest BCUT2D eigenvalue weighted by atomic mass is 10.1. The molecule has 3 nitrogen and oxygen atoms in total. The molecule has 3 aromatic rings. The molecule has 2 aromatic carbocycles. The van der Waals surface area contributed by atoms with E-state index in [1.54, 1.807) is 0 Å². The number of nitrogens with one attached hydrogen (secondary N) is 1. The number of benzene rings is 2. The van der Waals surface area contributed by atoms with E-state index in [-0.39, 0.29) is 0 Å². The van der Waals surface area contributed by atoms with Crippen LogP contribution in [0.15, 0.2) is 54.6 Å². The Morgan fingerprint density at radius 2 is 1.73 bits per heavy atom. The van der Waals surface area contributed by atoms with Gasteiger partial charge in [0, 0.05) is 44.5 Å². The van der Waals surface area contributed by atoms with Gasteiger partial charge in [0.25, 0.3) is 0 Å². The summed E-state index contributed by atoms with van der Waals surface area (Å²) in [7, 11) is 6.25. The Morgan fingerprint density at radius 3 is 2.42 bits per heavy atom. The highest BCUT2D eigenvalue weighted by Gasteiger charge is 2.13. The Kier molecular flexibility index (Phi) is 5.57. The van der Waals surface area contributed by atoms with Crippen molar-refractivity contribution in [3.05, 3.63) is 65.9 Å². The fraction of sp³-hybridized carbons (Fsp3) is 0.261. The lowest BCUT2D eigenvalue weighted by Crippen LogP contribution is -2.33. The maximum Gasteiger partial charge on any atom is 0.214 e. The summed E-state index contributed by atoms with van der Waals surface area (Å²) in [6, 6.07) is 19.4. The van der Waals surface area contributed by atoms with Crippen LogP contribution in [0.1, 0.15) is 24.6 Å². The lowest BCUT2D eigenvalue weighted by Gasteiger charge is -2.11. The molecule has 1 N–H and O–H groups in total. The number of aryl methyl sites for hydroxylation is 1. The normalized spacial score (nSPS) is 11.2. The van der Waals surface area contributed by atoms with Crippen molar-refractivity contribution in [1.29, 1.82) is 0 Å². The molecule has 1 aromatic heterocycles. The van der Waals surface area contributed by atoms with Gasteiger partial charge in [0.15, 0.2) is 0 Å². The van der Waals surface area contributed by atoms with E-state index in [1.807, 2.05) is 0 Å². The largest absolute Gasteiger partial charge is 0.384 e. The molecule has 26 heavy (non-hydrogen) atoms. The molecule has 0 bridgehead atoms. The van der Waals surface area contributed by atoms with Crippen LogP contribution >= 0.6 is 0 Å². The standard InChI is InChI=1S/C23H27N3/c1-5-16-24-22-17-20(26(4)23-9-7-6-8-21(22)23)15-12-18-10-13-19(14-11-18)25(2)3/h6-15,17H,5,16H2,1-4H3/p+1/b15-12+. The summed E-state index contributed by atoms with van der Waals surface area (Å²) in [6.07, 6.45) is 5.47. The van der Waals surface area contributed by atoms with Gasteiger partial charge in [0.1, 0.15) is 7.05 Å². The highest BCUT2D eigenvalue weighted by Crippen LogP contribution is 2.23. The van der Waals surface area contributed by atoms with Crippen molar-refractivity contribution in [2.45, 2.75) is 13.3 Å². The summed E-state index contributed by atoms with van der Waals surface area (Å²) in [5.41, 5.74) is 6.02. The van der Waals surface area contributed by atoms with E-state index in [0.717, 1.165) is 13.0 Å². The number of fused-ring (bicyclic) bond motifs is 1. The van der Waals surface area contributed by atoms with Crippen LogP contribution in [0.25, 0.3) is 23.1 Å². The van der Waals surface area contributed by atoms with Crippen molar-refractivity contribution in [3.63, 3.8) is 0 Å². The number of pyridine rings is 1. The minimum atomic E-state index is 0.979. The Morgan fingerprint density at radius 1 is 1.00 bits per heavy atom. The molecule has 0 radical (unpaired) electrons. The van der Waals surface area contributed by atoms with Crippen LogP contribution in [0.5, 0.6) is 0 Å². The Labute approximate surface area is 156 Å². The van der Waals surface area contributed by atoms with Gasteiger partial charge in [-0.15, -0.1) is 0 Å². The smallest absolute Gasteiger partial charge is 0.214 e. The lowest BCUT2D eigenvalue weighted by molar-refractivity contribution is -0.646. The number of para-hydroxylation sites is 1. The first kappa shape index (κ1) is 18.0. The number of rotatable bonds is 6. The Bertz CT molecular complexity index is 909. The number of hydrogen-bond donors (Lipinski definition) is 1. The molecule has 134 valence electrons. The molecular weight excluding hydrogens is 318 g/mol. The number of aromatic nitrogens is 1. The second kappa shape index (κ2) is 8.05. The maximum absolute atomic E-state index is 3.57. The van der Waals surface area contributed by atoms with Crippen LogP contribution in [0.2, 0.25) is 0 Å². The van der Waals surface area contributed by atoms with Crippen molar-refractivity contribution in [2.24, 2.45) is 7.05 Å². The fourth-order valence-electron chi connectivity index (χ4n) is 3.09. The van der Waals surface area contributed by atoms with Crippen molar-refractivity contribution in [3.8, 4) is 0 Å². The van der Waals surface area contributed by atoms with E-state index < -0.39 is 0 Å². The summed E-state index contributed by atoms with van der Waals surface area (Å²) < 4.78 is 2.25. The molecule has 0 aliphatic rings. The van der Waals surface area contributed by atoms with Gasteiger partial charge in [-0.25, -0.2) is 0 Å². The molecule has 0 spiro atoms. The second-order valence-electron chi connectivity index (χ2n) is 6.81. The van der Waals surface area contributed by atoms with Crippen LogP contribution in [0, 0.1) is 0 Å². The molecule has 0 atom stereocenters. The monoisotopic (exact) mass is 346 g/mol. The minimum absolute atomic E-state index is 0.979. The summed E-state index contributed by atoms with van der Waals surface area (Å²) in [6.45, 7) is 3.17. The second-order valence-corrected chi connectivity index (χ2v) is 6.81. The van der Waals surface area contributed by atoms with Gasteiger partial charge in [-0.2, -0.15) is 4.57 Å². The van der Waals surface area contributed by atoms with Crippen molar-refractivity contribution < 1.29 is 4.57 Å². The maximum atomic E-state index is 3.57. The van der Waals surface area contributed by atoms with Gasteiger partial charge in [-0.3, -0.25) is 0 Å². The van der Waals surface area contributed by atoms with Gasteiger partial charge < -0.3 is 10.2 Å². The van der Waals surface area contributed by atoms with Crippen LogP contribution < -0.4 is 14.8 Å². The first-order chi connectivity index (χ1) is 12.6. The number of anilines is 2. The quantitative estimate of drug-likeness (QED) is 0.651. The zero-order valence-electron chi connectivity index (χ0n) is 16.2. The van der Waals surface area contributed by atoms with E-state index in [9.17, 15) is 0 Å². The Hall–Kier alpha value is -2.81. The molecule has 0 saturated heterocycles. The Balaban J connectivity index is 1.97. The molecule has 0 aliphatic carbocycles. The molecule has 0 fully saturated rings. The third kappa shape index (κ3) is 3.88. The molecule has 0 amide bonds. The van der Waals surface area contributed by atoms with Gasteiger partial charge in [-0.1, -0.05) is 31.2 Å². The molecule has 0 saturated carbocycles. The average molecular weight is 346 g/mol. The fourth-order valence-corrected chi connectivity index (χ4v) is 3.09. The van der Waals surface area contributed by atoms with Crippen LogP contribution in [-0.2, 0) is 7.05 Å². The van der Waals surface area contributed by atoms with Gasteiger partial charge in [0.05, 0.1) is 11.1 Å². The van der Waals surface area contributed by atoms with Gasteiger partial charge in [0.2, 0.25) is 11.2 Å². The molecule has 0 unspecified atom stereocenters. The van der Waals surface area contributed by atoms with Gasteiger partial charge >= 0.3 is 0 Å². The average Bonchev–Trinajstić information content (AvgIpc) is 2.67. The van der Waals surface area contributed by atoms with E-state index >= 15 is 0 Å². The molecule has 0 aliphatic heterocycles. The summed E-state index contributed by atoms with van der Waals surface area (Å²) >= 11 is 0. The number of nitrogens with zero attached hydrogens (tertiary/aromatic N) is 2. The SMILES string of the molecule is CCCNc1cc(/C=C/c2ccc(N(C)C)cc2)[n+](C)c2ccccc12. The highest BCUT2D eigenvalue weighted by molar-refractivity contribution is 5.90. The molecule has 3 heteroatoms. The number of hydrogen-bond acceptors (Lipinski definition) is 2. The van der Waals surface area contributed by atoms with E-state index in [2.05, 4.69) is 110 Å². The van der Waals surface area contributed by atoms with Crippen LogP contribution in [0.3, 0.4) is 0 Å². The molecule has 3 rings (SSSR count). The summed E-state index contributed by atoms with van der Waals surface area (Å²) in [5.74, 6) is 0. The molecular formula is C23H28N3+. The van der Waals surface area contributed by atoms with E-state index in [4.69, 9.17) is 0 Å². The van der Waals surface area contributed by atoms with Crippen LogP contribution in [-0.4, -0.2) is 20.6 Å². The van der Waals surface area contributed by atoms with Crippen molar-refractivity contribution in [1.82, 2.24) is 0 Å². The predicted octanol–water partition coefficient (Wildman–Crippen LogP) is 4.72. The highest BCUT2D eigenvalue weighted by atomic mass is 15.1. The third-order valence-corrected chi connectivity index (χ3v) is 4.66.